The van der Waals surface area contributed by atoms with Crippen molar-refractivity contribution in [1.82, 2.24) is 15.1 Å². The summed E-state index contributed by atoms with van der Waals surface area (Å²) in [4.78, 5) is 41.1. The molecule has 0 bridgehead atoms. The molecule has 33 heavy (non-hydrogen) atoms. The molecule has 1 fully saturated rings. The highest BCUT2D eigenvalue weighted by Gasteiger charge is 2.39. The molecule has 1 aliphatic heterocycles. The number of rotatable bonds is 6. The number of benzene rings is 2. The molecule has 1 aliphatic rings. The van der Waals surface area contributed by atoms with Crippen LogP contribution in [0.15, 0.2) is 53.4 Å². The predicted molar refractivity (Wildman–Crippen MR) is 125 cm³/mol. The molecule has 1 heterocycles. The van der Waals surface area contributed by atoms with Crippen molar-refractivity contribution in [2.45, 2.75) is 30.5 Å². The number of aryl methyl sites for hydroxylation is 1. The highest BCUT2D eigenvalue weighted by atomic mass is 35.5. The van der Waals surface area contributed by atoms with Crippen molar-refractivity contribution in [2.24, 2.45) is 0 Å². The van der Waals surface area contributed by atoms with Crippen LogP contribution in [0.2, 0.25) is 5.02 Å². The summed E-state index contributed by atoms with van der Waals surface area (Å²) in [7, 11) is -4.24. The third-order valence-corrected chi connectivity index (χ3v) is 7.62. The van der Waals surface area contributed by atoms with Crippen molar-refractivity contribution in [2.75, 3.05) is 26.2 Å². The smallest absolute Gasteiger partial charge is 0.261 e. The largest absolute Gasteiger partial charge is 0.339 e. The second-order valence-corrected chi connectivity index (χ2v) is 10.2. The lowest BCUT2D eigenvalue weighted by molar-refractivity contribution is -0.139. The molecule has 0 saturated carbocycles. The zero-order valence-electron chi connectivity index (χ0n) is 18.5. The Morgan fingerprint density at radius 1 is 0.939 bits per heavy atom. The van der Waals surface area contributed by atoms with Gasteiger partial charge in [-0.3, -0.25) is 14.4 Å². The van der Waals surface area contributed by atoms with Gasteiger partial charge >= 0.3 is 0 Å². The average molecular weight is 492 g/mol. The van der Waals surface area contributed by atoms with Gasteiger partial charge in [-0.15, -0.1) is 0 Å². The van der Waals surface area contributed by atoms with Crippen molar-refractivity contribution in [1.29, 1.82) is 0 Å². The van der Waals surface area contributed by atoms with Crippen LogP contribution in [0, 0.1) is 6.92 Å². The minimum absolute atomic E-state index is 0.0260. The number of carbonyl (C=O) groups excluding carboxylic acids is 3. The Balaban J connectivity index is 1.88. The lowest BCUT2D eigenvalue weighted by atomic mass is 10.2. The molecule has 10 heteroatoms. The number of hydrogen-bond donors (Lipinski definition) is 1. The molecule has 2 aromatic carbocycles. The van der Waals surface area contributed by atoms with E-state index in [-0.39, 0.29) is 29.5 Å². The summed E-state index contributed by atoms with van der Waals surface area (Å²) in [6.07, 6.45) is 0.357. The molecule has 1 unspecified atom stereocenters. The minimum atomic E-state index is -4.24. The molecule has 3 amide bonds. The van der Waals surface area contributed by atoms with E-state index >= 15 is 0 Å². The maximum absolute atomic E-state index is 13.4. The van der Waals surface area contributed by atoms with Gasteiger partial charge in [-0.25, -0.2) is 8.42 Å². The fourth-order valence-corrected chi connectivity index (χ4v) is 5.10. The first-order valence-corrected chi connectivity index (χ1v) is 12.5. The van der Waals surface area contributed by atoms with Gasteiger partial charge in [0, 0.05) is 43.2 Å². The molecular weight excluding hydrogens is 466 g/mol. The Hall–Kier alpha value is -2.91. The number of amides is 3. The summed E-state index contributed by atoms with van der Waals surface area (Å²) in [6.45, 7) is 4.55. The highest BCUT2D eigenvalue weighted by Crippen LogP contribution is 2.19. The molecule has 1 saturated heterocycles. The van der Waals surface area contributed by atoms with E-state index in [1.807, 2.05) is 6.92 Å². The third-order valence-electron chi connectivity index (χ3n) is 5.50. The Labute approximate surface area is 198 Å². The second kappa shape index (κ2) is 10.4. The summed E-state index contributed by atoms with van der Waals surface area (Å²) >= 11 is 5.87. The first-order valence-electron chi connectivity index (χ1n) is 10.6. The van der Waals surface area contributed by atoms with Crippen molar-refractivity contribution in [3.05, 3.63) is 64.7 Å². The number of nitrogens with zero attached hydrogens (tertiary/aromatic N) is 2. The monoisotopic (exact) mass is 491 g/mol. The first-order chi connectivity index (χ1) is 15.6. The molecule has 176 valence electrons. The van der Waals surface area contributed by atoms with Gasteiger partial charge in [-0.1, -0.05) is 36.2 Å². The Morgan fingerprint density at radius 2 is 1.48 bits per heavy atom. The molecule has 0 spiro atoms. The van der Waals surface area contributed by atoms with E-state index < -0.39 is 27.0 Å². The van der Waals surface area contributed by atoms with E-state index in [9.17, 15) is 22.8 Å². The zero-order valence-corrected chi connectivity index (χ0v) is 20.0. The molecule has 0 aromatic heterocycles. The Morgan fingerprint density at radius 3 is 2.03 bits per heavy atom. The number of hydrogen-bond acceptors (Lipinski definition) is 5. The van der Waals surface area contributed by atoms with Gasteiger partial charge < -0.3 is 15.1 Å². The van der Waals surface area contributed by atoms with Gasteiger partial charge in [0.2, 0.25) is 21.1 Å². The molecule has 0 aliphatic carbocycles. The summed E-state index contributed by atoms with van der Waals surface area (Å²) in [5.74, 6) is -1.47. The molecule has 3 rings (SSSR count). The summed E-state index contributed by atoms with van der Waals surface area (Å²) < 4.78 is 26.8. The van der Waals surface area contributed by atoms with Crippen LogP contribution in [0.25, 0.3) is 0 Å². The molecule has 1 N–H and O–H groups in total. The van der Waals surface area contributed by atoms with Gasteiger partial charge in [0.1, 0.15) is 0 Å². The van der Waals surface area contributed by atoms with Gasteiger partial charge in [-0.2, -0.15) is 0 Å². The van der Waals surface area contributed by atoms with Crippen LogP contribution in [0.5, 0.6) is 0 Å². The average Bonchev–Trinajstić information content (AvgIpc) is 2.82. The van der Waals surface area contributed by atoms with Crippen molar-refractivity contribution in [3.63, 3.8) is 0 Å². The number of carbonyl (C=O) groups is 3. The SMILES string of the molecule is CCC(=O)N1CCN(C(=O)C(NC(=O)c2ccc(Cl)cc2)S(=O)(=O)c2ccc(C)cc2)CC1. The molecule has 1 atom stereocenters. The summed E-state index contributed by atoms with van der Waals surface area (Å²) in [5.41, 5.74) is 1.04. The normalized spacial score (nSPS) is 15.1. The van der Waals surface area contributed by atoms with E-state index in [1.165, 1.54) is 41.3 Å². The minimum Gasteiger partial charge on any atom is -0.339 e. The van der Waals surface area contributed by atoms with Gasteiger partial charge in [0.05, 0.1) is 4.90 Å². The lowest BCUT2D eigenvalue weighted by Crippen LogP contribution is -2.57. The number of sulfone groups is 1. The molecule has 2 aromatic rings. The zero-order chi connectivity index (χ0) is 24.2. The van der Waals surface area contributed by atoms with E-state index in [0.29, 0.717) is 24.5 Å². The van der Waals surface area contributed by atoms with Crippen molar-refractivity contribution >= 4 is 39.2 Å². The topological polar surface area (TPSA) is 104 Å². The fraction of sp³-hybridized carbons (Fsp3) is 0.348. The van der Waals surface area contributed by atoms with E-state index in [1.54, 1.807) is 24.0 Å². The lowest BCUT2D eigenvalue weighted by Gasteiger charge is -2.36. The Bertz CT molecular complexity index is 1130. The van der Waals surface area contributed by atoms with Crippen LogP contribution in [-0.4, -0.2) is 67.5 Å². The van der Waals surface area contributed by atoms with Crippen LogP contribution in [0.3, 0.4) is 0 Å². The quantitative estimate of drug-likeness (QED) is 0.667. The maximum Gasteiger partial charge on any atom is 0.261 e. The highest BCUT2D eigenvalue weighted by molar-refractivity contribution is 7.92. The third kappa shape index (κ3) is 5.72. The van der Waals surface area contributed by atoms with E-state index in [2.05, 4.69) is 5.32 Å². The first kappa shape index (κ1) is 24.7. The summed E-state index contributed by atoms with van der Waals surface area (Å²) in [6, 6.07) is 12.0. The van der Waals surface area contributed by atoms with Gasteiger partial charge in [0.25, 0.3) is 11.8 Å². The van der Waals surface area contributed by atoms with Gasteiger partial charge in [-0.05, 0) is 43.3 Å². The van der Waals surface area contributed by atoms with E-state index in [0.717, 1.165) is 5.56 Å². The standard InChI is InChI=1S/C23H26ClN3O5S/c1-3-20(28)26-12-14-27(15-13-26)23(30)22(25-21(29)17-6-8-18(24)9-7-17)33(31,32)19-10-4-16(2)5-11-19/h4-11,22H,3,12-15H2,1-2H3,(H,25,29). The Kier molecular flexibility index (Phi) is 7.76. The van der Waals surface area contributed by atoms with Gasteiger partial charge in [0.15, 0.2) is 0 Å². The fourth-order valence-electron chi connectivity index (χ4n) is 3.51. The second-order valence-electron chi connectivity index (χ2n) is 7.78. The maximum atomic E-state index is 13.4. The van der Waals surface area contributed by atoms with Crippen LogP contribution in [0.4, 0.5) is 0 Å². The summed E-state index contributed by atoms with van der Waals surface area (Å²) in [5, 5.41) is 1.02. The number of piperazine rings is 1. The van der Waals surface area contributed by atoms with Crippen molar-refractivity contribution < 1.29 is 22.8 Å². The van der Waals surface area contributed by atoms with Crippen LogP contribution < -0.4 is 5.32 Å². The van der Waals surface area contributed by atoms with Crippen LogP contribution in [0.1, 0.15) is 29.3 Å². The molecule has 0 radical (unpaired) electrons. The molecule has 8 nitrogen and oxygen atoms in total. The number of nitrogens with one attached hydrogen (secondary N) is 1. The predicted octanol–water partition coefficient (Wildman–Crippen LogP) is 2.26. The van der Waals surface area contributed by atoms with Crippen LogP contribution >= 0.6 is 11.6 Å². The van der Waals surface area contributed by atoms with Crippen LogP contribution in [-0.2, 0) is 19.4 Å². The number of halogens is 1. The molecular formula is C23H26ClN3O5S. The van der Waals surface area contributed by atoms with Crippen molar-refractivity contribution in [3.8, 4) is 0 Å². The van der Waals surface area contributed by atoms with E-state index in [4.69, 9.17) is 11.6 Å².